The first-order valence-corrected chi connectivity index (χ1v) is 7.99. The molecule has 2 aliphatic rings. The quantitative estimate of drug-likeness (QED) is 0.914. The van der Waals surface area contributed by atoms with Crippen LogP contribution in [0.15, 0.2) is 30.5 Å². The van der Waals surface area contributed by atoms with E-state index in [1.165, 1.54) is 6.07 Å². The number of hydrogen-bond acceptors (Lipinski definition) is 3. The number of carbonyl (C=O) groups is 1. The lowest BCUT2D eigenvalue weighted by atomic mass is 9.94. The van der Waals surface area contributed by atoms with Crippen LogP contribution in [0.3, 0.4) is 0 Å². The van der Waals surface area contributed by atoms with E-state index >= 15 is 0 Å². The van der Waals surface area contributed by atoms with Crippen molar-refractivity contribution in [3.8, 4) is 0 Å². The van der Waals surface area contributed by atoms with Gasteiger partial charge in [0.1, 0.15) is 5.82 Å². The predicted molar refractivity (Wildman–Crippen MR) is 83.6 cm³/mol. The average molecular weight is 314 g/mol. The Labute approximate surface area is 133 Å². The highest BCUT2D eigenvalue weighted by Crippen LogP contribution is 2.30. The van der Waals surface area contributed by atoms with Crippen molar-refractivity contribution in [2.45, 2.75) is 31.3 Å². The SMILES string of the molecule is N[C@@H]1CN(C(=O)c2cnn3c2CCC3)C[C@H]1c1ccccc1F. The number of carbonyl (C=O) groups excluding carboxylic acids is 1. The second-order valence-electron chi connectivity index (χ2n) is 6.33. The first kappa shape index (κ1) is 14.4. The zero-order chi connectivity index (χ0) is 16.0. The zero-order valence-corrected chi connectivity index (χ0v) is 12.8. The number of likely N-dealkylation sites (tertiary alicyclic amines) is 1. The van der Waals surface area contributed by atoms with Crippen LogP contribution < -0.4 is 5.73 Å². The van der Waals surface area contributed by atoms with Gasteiger partial charge in [0.15, 0.2) is 0 Å². The van der Waals surface area contributed by atoms with Gasteiger partial charge in [-0.05, 0) is 24.5 Å². The van der Waals surface area contributed by atoms with Gasteiger partial charge in [0.05, 0.1) is 17.5 Å². The minimum Gasteiger partial charge on any atom is -0.336 e. The molecule has 1 aromatic carbocycles. The van der Waals surface area contributed by atoms with Crippen molar-refractivity contribution in [1.29, 1.82) is 0 Å². The third-order valence-corrected chi connectivity index (χ3v) is 4.92. The van der Waals surface area contributed by atoms with Gasteiger partial charge in [0, 0.05) is 31.6 Å². The molecular weight excluding hydrogens is 295 g/mol. The summed E-state index contributed by atoms with van der Waals surface area (Å²) in [6.07, 6.45) is 3.57. The number of nitrogens with two attached hydrogens (primary N) is 1. The Morgan fingerprint density at radius 3 is 2.96 bits per heavy atom. The van der Waals surface area contributed by atoms with Gasteiger partial charge in [0.25, 0.3) is 5.91 Å². The summed E-state index contributed by atoms with van der Waals surface area (Å²) < 4.78 is 15.9. The Hall–Kier alpha value is -2.21. The molecule has 120 valence electrons. The standard InChI is InChI=1S/C17H19FN4O/c18-14-5-2-1-4-11(14)13-9-21(10-15(13)19)17(23)12-8-20-22-7-3-6-16(12)22/h1-2,4-5,8,13,15H,3,6-7,9-10,19H2/t13-,15+/m0/s1. The molecule has 1 amide bonds. The van der Waals surface area contributed by atoms with E-state index in [2.05, 4.69) is 5.10 Å². The van der Waals surface area contributed by atoms with Crippen molar-refractivity contribution in [2.75, 3.05) is 13.1 Å². The Morgan fingerprint density at radius 2 is 2.13 bits per heavy atom. The Kier molecular flexibility index (Phi) is 3.41. The van der Waals surface area contributed by atoms with Crippen molar-refractivity contribution in [3.05, 3.63) is 53.1 Å². The van der Waals surface area contributed by atoms with E-state index in [0.717, 1.165) is 25.1 Å². The van der Waals surface area contributed by atoms with E-state index in [-0.39, 0.29) is 23.7 Å². The van der Waals surface area contributed by atoms with Gasteiger partial charge in [-0.25, -0.2) is 4.39 Å². The number of aromatic nitrogens is 2. The lowest BCUT2D eigenvalue weighted by molar-refractivity contribution is 0.0788. The van der Waals surface area contributed by atoms with E-state index in [9.17, 15) is 9.18 Å². The van der Waals surface area contributed by atoms with Crippen molar-refractivity contribution < 1.29 is 9.18 Å². The van der Waals surface area contributed by atoms with Gasteiger partial charge in [-0.2, -0.15) is 5.10 Å². The largest absolute Gasteiger partial charge is 0.336 e. The van der Waals surface area contributed by atoms with Gasteiger partial charge in [0.2, 0.25) is 0 Å². The number of fused-ring (bicyclic) bond motifs is 1. The molecule has 0 spiro atoms. The Morgan fingerprint density at radius 1 is 1.30 bits per heavy atom. The van der Waals surface area contributed by atoms with Crippen LogP contribution in [-0.4, -0.2) is 39.7 Å². The topological polar surface area (TPSA) is 64.2 Å². The fourth-order valence-corrected chi connectivity index (χ4v) is 3.71. The first-order valence-electron chi connectivity index (χ1n) is 7.99. The summed E-state index contributed by atoms with van der Waals surface area (Å²) in [5.41, 5.74) is 8.47. The Balaban J connectivity index is 1.57. The molecule has 6 heteroatoms. The molecule has 2 aromatic rings. The number of amides is 1. The van der Waals surface area contributed by atoms with Crippen LogP contribution in [0.2, 0.25) is 0 Å². The van der Waals surface area contributed by atoms with E-state index in [1.54, 1.807) is 29.3 Å². The van der Waals surface area contributed by atoms with Gasteiger partial charge in [-0.1, -0.05) is 18.2 Å². The fraction of sp³-hybridized carbons (Fsp3) is 0.412. The van der Waals surface area contributed by atoms with Crippen molar-refractivity contribution in [2.24, 2.45) is 5.73 Å². The number of nitrogens with zero attached hydrogens (tertiary/aromatic N) is 3. The van der Waals surface area contributed by atoms with Crippen LogP contribution in [0.5, 0.6) is 0 Å². The molecule has 2 N–H and O–H groups in total. The Bertz CT molecular complexity index is 757. The van der Waals surface area contributed by atoms with E-state index in [4.69, 9.17) is 5.73 Å². The second kappa shape index (κ2) is 5.45. The third kappa shape index (κ3) is 2.34. The maximum atomic E-state index is 14.0. The summed E-state index contributed by atoms with van der Waals surface area (Å²) in [4.78, 5) is 14.5. The minimum atomic E-state index is -0.256. The summed E-state index contributed by atoms with van der Waals surface area (Å²) in [7, 11) is 0. The second-order valence-corrected chi connectivity index (χ2v) is 6.33. The van der Waals surface area contributed by atoms with Gasteiger partial charge >= 0.3 is 0 Å². The van der Waals surface area contributed by atoms with Crippen LogP contribution in [0, 0.1) is 5.82 Å². The molecule has 3 heterocycles. The molecule has 1 aromatic heterocycles. The summed E-state index contributed by atoms with van der Waals surface area (Å²) in [5.74, 6) is -0.458. The molecule has 1 saturated heterocycles. The summed E-state index contributed by atoms with van der Waals surface area (Å²) in [5, 5.41) is 4.28. The van der Waals surface area contributed by atoms with Crippen molar-refractivity contribution in [3.63, 3.8) is 0 Å². The smallest absolute Gasteiger partial charge is 0.257 e. The van der Waals surface area contributed by atoms with Crippen LogP contribution in [0.4, 0.5) is 4.39 Å². The fourth-order valence-electron chi connectivity index (χ4n) is 3.71. The predicted octanol–water partition coefficient (Wildman–Crippen LogP) is 1.54. The molecule has 0 bridgehead atoms. The molecule has 2 aliphatic heterocycles. The number of aryl methyl sites for hydroxylation is 1. The van der Waals surface area contributed by atoms with Crippen molar-refractivity contribution in [1.82, 2.24) is 14.7 Å². The molecule has 5 nitrogen and oxygen atoms in total. The van der Waals surface area contributed by atoms with Crippen LogP contribution in [0.25, 0.3) is 0 Å². The maximum Gasteiger partial charge on any atom is 0.257 e. The minimum absolute atomic E-state index is 0.0394. The first-order chi connectivity index (χ1) is 11.1. The van der Waals surface area contributed by atoms with E-state index in [0.29, 0.717) is 24.2 Å². The molecule has 0 saturated carbocycles. The molecule has 0 aliphatic carbocycles. The highest BCUT2D eigenvalue weighted by Gasteiger charge is 2.37. The van der Waals surface area contributed by atoms with Crippen LogP contribution in [-0.2, 0) is 13.0 Å². The number of halogens is 1. The third-order valence-electron chi connectivity index (χ3n) is 4.92. The van der Waals surface area contributed by atoms with E-state index in [1.807, 2.05) is 4.68 Å². The van der Waals surface area contributed by atoms with Crippen LogP contribution in [0.1, 0.15) is 34.0 Å². The summed E-state index contributed by atoms with van der Waals surface area (Å²) in [6, 6.07) is 6.42. The molecule has 2 atom stereocenters. The van der Waals surface area contributed by atoms with Gasteiger partial charge in [-0.3, -0.25) is 9.48 Å². The van der Waals surface area contributed by atoms with Gasteiger partial charge in [-0.15, -0.1) is 0 Å². The highest BCUT2D eigenvalue weighted by molar-refractivity contribution is 5.95. The van der Waals surface area contributed by atoms with Crippen molar-refractivity contribution >= 4 is 5.91 Å². The lowest BCUT2D eigenvalue weighted by Gasteiger charge is -2.16. The van der Waals surface area contributed by atoms with E-state index < -0.39 is 0 Å². The molecule has 23 heavy (non-hydrogen) atoms. The summed E-state index contributed by atoms with van der Waals surface area (Å²) in [6.45, 7) is 1.77. The molecule has 0 radical (unpaired) electrons. The number of rotatable bonds is 2. The molecule has 4 rings (SSSR count). The summed E-state index contributed by atoms with van der Waals surface area (Å²) >= 11 is 0. The lowest BCUT2D eigenvalue weighted by Crippen LogP contribution is -2.32. The number of benzene rings is 1. The van der Waals surface area contributed by atoms with Gasteiger partial charge < -0.3 is 10.6 Å². The van der Waals surface area contributed by atoms with Crippen LogP contribution >= 0.6 is 0 Å². The molecular formula is C17H19FN4O. The highest BCUT2D eigenvalue weighted by atomic mass is 19.1. The molecule has 0 unspecified atom stereocenters. The molecule has 1 fully saturated rings. The maximum absolute atomic E-state index is 14.0. The average Bonchev–Trinajstić information content (AvgIpc) is 3.22. The zero-order valence-electron chi connectivity index (χ0n) is 12.8. The monoisotopic (exact) mass is 314 g/mol. The number of hydrogen-bond donors (Lipinski definition) is 1. The normalized spacial score (nSPS) is 23.3.